The number of rotatable bonds is 5. The first-order valence-corrected chi connectivity index (χ1v) is 9.85. The molecule has 0 spiro atoms. The third kappa shape index (κ3) is 2.98. The van der Waals surface area contributed by atoms with Gasteiger partial charge in [-0.15, -0.1) is 10.2 Å². The van der Waals surface area contributed by atoms with Crippen LogP contribution in [0.2, 0.25) is 0 Å². The summed E-state index contributed by atoms with van der Waals surface area (Å²) in [7, 11) is 0. The molecule has 1 saturated carbocycles. The molecule has 2 aromatic heterocycles. The molecular formula is C19H27N7. The summed E-state index contributed by atoms with van der Waals surface area (Å²) in [6.07, 6.45) is 6.19. The van der Waals surface area contributed by atoms with Crippen molar-refractivity contribution in [1.29, 1.82) is 0 Å². The Labute approximate surface area is 154 Å². The fraction of sp³-hybridized carbons (Fsp3) is 0.684. The van der Waals surface area contributed by atoms with E-state index in [1.165, 1.54) is 12.8 Å². The monoisotopic (exact) mass is 353 g/mol. The van der Waals surface area contributed by atoms with E-state index in [9.17, 15) is 0 Å². The molecule has 3 fully saturated rings. The van der Waals surface area contributed by atoms with E-state index in [-0.39, 0.29) is 0 Å². The molecule has 3 aliphatic rings. The Morgan fingerprint density at radius 2 is 1.85 bits per heavy atom. The fourth-order valence-electron chi connectivity index (χ4n) is 4.49. The van der Waals surface area contributed by atoms with Gasteiger partial charge in [-0.05, 0) is 30.6 Å². The second-order valence-corrected chi connectivity index (χ2v) is 8.46. The maximum absolute atomic E-state index is 4.53. The van der Waals surface area contributed by atoms with Gasteiger partial charge in [0.2, 0.25) is 0 Å². The first-order valence-electron chi connectivity index (χ1n) is 9.85. The van der Waals surface area contributed by atoms with Crippen LogP contribution in [0.3, 0.4) is 0 Å². The second kappa shape index (κ2) is 6.30. The van der Waals surface area contributed by atoms with E-state index in [1.807, 2.05) is 6.33 Å². The molecule has 0 N–H and O–H groups in total. The third-order valence-electron chi connectivity index (χ3n) is 6.10. The van der Waals surface area contributed by atoms with E-state index in [4.69, 9.17) is 0 Å². The normalized spacial score (nSPS) is 26.0. The maximum Gasteiger partial charge on any atom is 0.147 e. The highest BCUT2D eigenvalue weighted by atomic mass is 15.3. The predicted octanol–water partition coefficient (Wildman–Crippen LogP) is 2.09. The number of anilines is 1. The molecule has 2 aromatic rings. The Morgan fingerprint density at radius 3 is 2.54 bits per heavy atom. The molecule has 2 aliphatic heterocycles. The van der Waals surface area contributed by atoms with Crippen LogP contribution in [0.25, 0.3) is 0 Å². The van der Waals surface area contributed by atoms with Gasteiger partial charge in [0.15, 0.2) is 0 Å². The number of aromatic nitrogens is 5. The van der Waals surface area contributed by atoms with Crippen LogP contribution in [-0.2, 0) is 6.54 Å². The van der Waals surface area contributed by atoms with Crippen LogP contribution in [0.5, 0.6) is 0 Å². The molecule has 7 heteroatoms. The van der Waals surface area contributed by atoms with Crippen LogP contribution in [-0.4, -0.2) is 55.8 Å². The molecule has 0 radical (unpaired) electrons. The van der Waals surface area contributed by atoms with Crippen molar-refractivity contribution in [2.24, 2.45) is 11.8 Å². The summed E-state index contributed by atoms with van der Waals surface area (Å²) in [5.41, 5.74) is 1.13. The van der Waals surface area contributed by atoms with Crippen molar-refractivity contribution in [2.75, 3.05) is 31.1 Å². The number of nitrogens with zero attached hydrogens (tertiary/aromatic N) is 7. The van der Waals surface area contributed by atoms with Crippen molar-refractivity contribution >= 4 is 5.82 Å². The quantitative estimate of drug-likeness (QED) is 0.820. The highest BCUT2D eigenvalue weighted by Gasteiger charge is 2.41. The van der Waals surface area contributed by atoms with Gasteiger partial charge in [-0.2, -0.15) is 0 Å². The number of hydrogen-bond acceptors (Lipinski definition) is 6. The number of likely N-dealkylation sites (tertiary alicyclic amines) is 1. The van der Waals surface area contributed by atoms with Gasteiger partial charge < -0.3 is 9.47 Å². The molecule has 1 aliphatic carbocycles. The van der Waals surface area contributed by atoms with Gasteiger partial charge in [0, 0.05) is 44.0 Å². The Hall–Kier alpha value is -2.02. The molecule has 5 rings (SSSR count). The summed E-state index contributed by atoms with van der Waals surface area (Å²) in [6.45, 7) is 9.82. The lowest BCUT2D eigenvalue weighted by molar-refractivity contribution is 0.295. The van der Waals surface area contributed by atoms with Crippen molar-refractivity contribution in [1.82, 2.24) is 29.6 Å². The van der Waals surface area contributed by atoms with Crippen molar-refractivity contribution in [3.05, 3.63) is 30.2 Å². The molecule has 138 valence electrons. The summed E-state index contributed by atoms with van der Waals surface area (Å²) in [5, 5.41) is 8.50. The van der Waals surface area contributed by atoms with Crippen LogP contribution < -0.4 is 4.90 Å². The Kier molecular flexibility index (Phi) is 3.92. The summed E-state index contributed by atoms with van der Waals surface area (Å²) in [5.74, 6) is 4.13. The lowest BCUT2D eigenvalue weighted by atomic mass is 10.0. The molecule has 0 aromatic carbocycles. The second-order valence-electron chi connectivity index (χ2n) is 8.46. The van der Waals surface area contributed by atoms with Crippen LogP contribution in [0.4, 0.5) is 5.82 Å². The summed E-state index contributed by atoms with van der Waals surface area (Å²) < 4.78 is 2.29. The molecule has 2 atom stereocenters. The average Bonchev–Trinajstić information content (AvgIpc) is 3.06. The topological polar surface area (TPSA) is 63.0 Å². The minimum Gasteiger partial charge on any atom is -0.356 e. The third-order valence-corrected chi connectivity index (χ3v) is 6.10. The van der Waals surface area contributed by atoms with E-state index in [2.05, 4.69) is 54.4 Å². The SMILES string of the molecule is CC(C)c1cc(N2CC3CN(Cc4nncn4C4CC4)CC3C2)ncn1. The largest absolute Gasteiger partial charge is 0.356 e. The average molecular weight is 353 g/mol. The van der Waals surface area contributed by atoms with Gasteiger partial charge in [-0.25, -0.2) is 9.97 Å². The standard InChI is InChI=1S/C19H27N7/c1-13(2)17-5-18(21-11-20-17)25-8-14-6-24(7-15(14)9-25)10-19-23-22-12-26(19)16-3-4-16/h5,11-16H,3-4,6-10H2,1-2H3. The molecule has 0 amide bonds. The van der Waals surface area contributed by atoms with Gasteiger partial charge in [0.25, 0.3) is 0 Å². The first kappa shape index (κ1) is 16.2. The highest BCUT2D eigenvalue weighted by molar-refractivity contribution is 5.41. The summed E-state index contributed by atoms with van der Waals surface area (Å²) in [6, 6.07) is 2.83. The summed E-state index contributed by atoms with van der Waals surface area (Å²) in [4.78, 5) is 13.9. The van der Waals surface area contributed by atoms with Gasteiger partial charge >= 0.3 is 0 Å². The smallest absolute Gasteiger partial charge is 0.147 e. The van der Waals surface area contributed by atoms with E-state index < -0.39 is 0 Å². The van der Waals surface area contributed by atoms with Crippen molar-refractivity contribution in [2.45, 2.75) is 45.2 Å². The van der Waals surface area contributed by atoms with Crippen LogP contribution >= 0.6 is 0 Å². The minimum absolute atomic E-state index is 0.443. The van der Waals surface area contributed by atoms with Gasteiger partial charge in [0.05, 0.1) is 6.54 Å². The van der Waals surface area contributed by atoms with E-state index >= 15 is 0 Å². The van der Waals surface area contributed by atoms with E-state index in [0.29, 0.717) is 12.0 Å². The molecule has 7 nitrogen and oxygen atoms in total. The fourth-order valence-corrected chi connectivity index (χ4v) is 4.49. The van der Waals surface area contributed by atoms with Gasteiger partial charge in [0.1, 0.15) is 24.3 Å². The maximum atomic E-state index is 4.53. The van der Waals surface area contributed by atoms with Crippen LogP contribution in [0.1, 0.15) is 50.2 Å². The molecule has 2 unspecified atom stereocenters. The zero-order valence-corrected chi connectivity index (χ0v) is 15.6. The lowest BCUT2D eigenvalue weighted by Gasteiger charge is -2.22. The molecule has 26 heavy (non-hydrogen) atoms. The number of fused-ring (bicyclic) bond motifs is 1. The van der Waals surface area contributed by atoms with Crippen LogP contribution in [0, 0.1) is 11.8 Å². The van der Waals surface area contributed by atoms with Gasteiger partial charge in [-0.3, -0.25) is 4.90 Å². The van der Waals surface area contributed by atoms with E-state index in [0.717, 1.165) is 61.9 Å². The Balaban J connectivity index is 1.22. The predicted molar refractivity (Wildman–Crippen MR) is 98.9 cm³/mol. The van der Waals surface area contributed by atoms with Crippen molar-refractivity contribution < 1.29 is 0 Å². The van der Waals surface area contributed by atoms with Gasteiger partial charge in [-0.1, -0.05) is 13.8 Å². The molecule has 2 saturated heterocycles. The lowest BCUT2D eigenvalue weighted by Crippen LogP contribution is -2.30. The zero-order chi connectivity index (χ0) is 17.7. The van der Waals surface area contributed by atoms with E-state index in [1.54, 1.807) is 6.33 Å². The first-order chi connectivity index (χ1) is 12.7. The molecular weight excluding hydrogens is 326 g/mol. The van der Waals surface area contributed by atoms with Crippen LogP contribution in [0.15, 0.2) is 18.7 Å². The molecule has 0 bridgehead atoms. The summed E-state index contributed by atoms with van der Waals surface area (Å²) >= 11 is 0. The van der Waals surface area contributed by atoms with Crippen molar-refractivity contribution in [3.63, 3.8) is 0 Å². The Morgan fingerprint density at radius 1 is 1.08 bits per heavy atom. The molecule has 4 heterocycles. The Bertz CT molecular complexity index is 768. The minimum atomic E-state index is 0.443. The zero-order valence-electron chi connectivity index (χ0n) is 15.6. The van der Waals surface area contributed by atoms with Crippen molar-refractivity contribution in [3.8, 4) is 0 Å². The number of hydrogen-bond donors (Lipinski definition) is 0. The highest BCUT2D eigenvalue weighted by Crippen LogP contribution is 2.37.